The van der Waals surface area contributed by atoms with Gasteiger partial charge in [-0.25, -0.2) is 9.97 Å². The van der Waals surface area contributed by atoms with Crippen molar-refractivity contribution in [1.82, 2.24) is 9.97 Å². The second-order valence-electron chi connectivity index (χ2n) is 3.73. The third kappa shape index (κ3) is 1.96. The zero-order valence-corrected chi connectivity index (χ0v) is 9.18. The monoisotopic (exact) mass is 221 g/mol. The molecule has 1 aliphatic heterocycles. The summed E-state index contributed by atoms with van der Waals surface area (Å²) in [6.45, 7) is 1.63. The van der Waals surface area contributed by atoms with E-state index in [-0.39, 0.29) is 11.9 Å². The molecule has 3 N–H and O–H groups in total. The Labute approximate surface area is 94.0 Å². The molecule has 2 rings (SSSR count). The van der Waals surface area contributed by atoms with E-state index in [1.807, 2.05) is 0 Å². The lowest BCUT2D eigenvalue weighted by atomic mass is 10.3. The van der Waals surface area contributed by atoms with E-state index in [9.17, 15) is 0 Å². The minimum absolute atomic E-state index is 0.0519. The maximum Gasteiger partial charge on any atom is 0.158 e. The van der Waals surface area contributed by atoms with E-state index in [2.05, 4.69) is 14.9 Å². The normalized spacial score (nSPS) is 20.1. The average Bonchev–Trinajstić information content (AvgIpc) is 2.77. The van der Waals surface area contributed by atoms with Crippen molar-refractivity contribution < 1.29 is 4.74 Å². The first-order valence-electron chi connectivity index (χ1n) is 5.15. The zero-order valence-electron chi connectivity index (χ0n) is 9.18. The lowest BCUT2D eigenvalue weighted by Gasteiger charge is -2.18. The molecule has 6 nitrogen and oxygen atoms in total. The highest BCUT2D eigenvalue weighted by atomic mass is 16.5. The molecule has 1 atom stereocenters. The van der Waals surface area contributed by atoms with Gasteiger partial charge in [-0.05, 0) is 6.42 Å². The molecule has 1 aromatic rings. The number of nitrogens with one attached hydrogen (secondary N) is 1. The smallest absolute Gasteiger partial charge is 0.158 e. The zero-order chi connectivity index (χ0) is 11.5. The summed E-state index contributed by atoms with van der Waals surface area (Å²) in [5, 5.41) is 7.45. The quantitative estimate of drug-likeness (QED) is 0.553. The summed E-state index contributed by atoms with van der Waals surface area (Å²) in [7, 11) is 1.71. The van der Waals surface area contributed by atoms with Gasteiger partial charge in [0.15, 0.2) is 5.82 Å². The number of amidine groups is 1. The number of aromatic nitrogens is 2. The summed E-state index contributed by atoms with van der Waals surface area (Å²) in [6.07, 6.45) is 4.35. The molecule has 0 aliphatic carbocycles. The molecule has 1 aliphatic rings. The fourth-order valence-electron chi connectivity index (χ4n) is 1.87. The molecular formula is C10H15N5O. The molecule has 1 aromatic heterocycles. The van der Waals surface area contributed by atoms with Gasteiger partial charge in [0.25, 0.3) is 0 Å². The van der Waals surface area contributed by atoms with Gasteiger partial charge >= 0.3 is 0 Å². The summed E-state index contributed by atoms with van der Waals surface area (Å²) >= 11 is 0. The van der Waals surface area contributed by atoms with Gasteiger partial charge in [0.2, 0.25) is 0 Å². The van der Waals surface area contributed by atoms with Crippen molar-refractivity contribution in [3.8, 4) is 0 Å². The largest absolute Gasteiger partial charge is 0.382 e. The van der Waals surface area contributed by atoms with Gasteiger partial charge in [-0.1, -0.05) is 0 Å². The number of nitrogen functional groups attached to an aromatic ring is 1. The number of hydrogen-bond acceptors (Lipinski definition) is 5. The number of methoxy groups -OCH3 is 1. The van der Waals surface area contributed by atoms with Crippen molar-refractivity contribution in [3.05, 3.63) is 18.1 Å². The van der Waals surface area contributed by atoms with E-state index in [1.54, 1.807) is 19.5 Å². The molecule has 0 aromatic carbocycles. The minimum atomic E-state index is -0.0519. The summed E-state index contributed by atoms with van der Waals surface area (Å²) in [4.78, 5) is 10.4. The molecule has 2 heterocycles. The molecule has 0 bridgehead atoms. The Kier molecular flexibility index (Phi) is 3.00. The number of nitrogens with two attached hydrogens (primary N) is 1. The van der Waals surface area contributed by atoms with Crippen LogP contribution in [-0.4, -0.2) is 42.1 Å². The van der Waals surface area contributed by atoms with E-state index in [0.717, 1.165) is 19.5 Å². The Morgan fingerprint density at radius 3 is 2.94 bits per heavy atom. The summed E-state index contributed by atoms with van der Waals surface area (Å²) in [5.74, 6) is 0.624. The van der Waals surface area contributed by atoms with Crippen molar-refractivity contribution in [1.29, 1.82) is 5.41 Å². The lowest BCUT2D eigenvalue weighted by molar-refractivity contribution is 0.121. The van der Waals surface area contributed by atoms with E-state index >= 15 is 0 Å². The number of hydrogen-bond donors (Lipinski definition) is 2. The van der Waals surface area contributed by atoms with Crippen molar-refractivity contribution >= 4 is 11.7 Å². The van der Waals surface area contributed by atoms with Crippen molar-refractivity contribution in [2.24, 2.45) is 5.73 Å². The van der Waals surface area contributed by atoms with Gasteiger partial charge in [-0.3, -0.25) is 5.41 Å². The lowest BCUT2D eigenvalue weighted by Crippen LogP contribution is -2.27. The van der Waals surface area contributed by atoms with Crippen LogP contribution in [-0.2, 0) is 4.74 Å². The van der Waals surface area contributed by atoms with Crippen LogP contribution in [0.2, 0.25) is 0 Å². The predicted molar refractivity (Wildman–Crippen MR) is 60.7 cm³/mol. The standard InChI is InChI=1S/C10H15N5O/c1-16-7-2-5-15(6-7)10-8(9(11)12)13-3-4-14-10/h3-4,7H,2,5-6H2,1H3,(H3,11,12). The van der Waals surface area contributed by atoms with Crippen LogP contribution < -0.4 is 10.6 Å². The van der Waals surface area contributed by atoms with Crippen molar-refractivity contribution in [2.45, 2.75) is 12.5 Å². The summed E-state index contributed by atoms with van der Waals surface area (Å²) < 4.78 is 5.29. The highest BCUT2D eigenvalue weighted by Crippen LogP contribution is 2.21. The van der Waals surface area contributed by atoms with Crippen LogP contribution in [0.5, 0.6) is 0 Å². The summed E-state index contributed by atoms with van der Waals surface area (Å²) in [6, 6.07) is 0. The fraction of sp³-hybridized carbons (Fsp3) is 0.500. The maximum absolute atomic E-state index is 7.45. The van der Waals surface area contributed by atoms with Crippen molar-refractivity contribution in [3.63, 3.8) is 0 Å². The number of nitrogens with zero attached hydrogens (tertiary/aromatic N) is 3. The Bertz CT molecular complexity index is 395. The van der Waals surface area contributed by atoms with Crippen LogP contribution in [0.4, 0.5) is 5.82 Å². The van der Waals surface area contributed by atoms with Gasteiger partial charge in [0, 0.05) is 32.6 Å². The first kappa shape index (κ1) is 10.8. The molecule has 1 saturated heterocycles. The summed E-state index contributed by atoms with van der Waals surface area (Å²) in [5.41, 5.74) is 5.92. The molecule has 1 unspecified atom stereocenters. The second-order valence-corrected chi connectivity index (χ2v) is 3.73. The van der Waals surface area contributed by atoms with Gasteiger partial charge in [0.1, 0.15) is 11.5 Å². The van der Waals surface area contributed by atoms with Gasteiger partial charge in [0.05, 0.1) is 6.10 Å². The molecule has 1 fully saturated rings. The molecular weight excluding hydrogens is 206 g/mol. The number of rotatable bonds is 3. The molecule has 0 radical (unpaired) electrons. The Morgan fingerprint density at radius 2 is 2.31 bits per heavy atom. The molecule has 0 spiro atoms. The van der Waals surface area contributed by atoms with Crippen LogP contribution in [0.1, 0.15) is 12.1 Å². The van der Waals surface area contributed by atoms with Crippen LogP contribution in [0, 0.1) is 5.41 Å². The average molecular weight is 221 g/mol. The second kappa shape index (κ2) is 4.44. The predicted octanol–water partition coefficient (Wildman–Crippen LogP) is -0.0142. The minimum Gasteiger partial charge on any atom is -0.382 e. The number of anilines is 1. The molecule has 86 valence electrons. The molecule has 0 amide bonds. The molecule has 6 heteroatoms. The van der Waals surface area contributed by atoms with E-state index in [4.69, 9.17) is 15.9 Å². The fourth-order valence-corrected chi connectivity index (χ4v) is 1.87. The Morgan fingerprint density at radius 1 is 1.56 bits per heavy atom. The third-order valence-corrected chi connectivity index (χ3v) is 2.71. The van der Waals surface area contributed by atoms with Crippen LogP contribution >= 0.6 is 0 Å². The van der Waals surface area contributed by atoms with Crippen LogP contribution in [0.3, 0.4) is 0 Å². The molecule has 0 saturated carbocycles. The Balaban J connectivity index is 2.24. The number of ether oxygens (including phenoxy) is 1. The van der Waals surface area contributed by atoms with E-state index in [0.29, 0.717) is 11.5 Å². The van der Waals surface area contributed by atoms with Crippen molar-refractivity contribution in [2.75, 3.05) is 25.1 Å². The van der Waals surface area contributed by atoms with Crippen LogP contribution in [0.15, 0.2) is 12.4 Å². The maximum atomic E-state index is 7.45. The van der Waals surface area contributed by atoms with Gasteiger partial charge in [-0.15, -0.1) is 0 Å². The van der Waals surface area contributed by atoms with Gasteiger partial charge < -0.3 is 15.4 Å². The SMILES string of the molecule is COC1CCN(c2nccnc2C(=N)N)C1. The molecule has 16 heavy (non-hydrogen) atoms. The van der Waals surface area contributed by atoms with E-state index < -0.39 is 0 Å². The highest BCUT2D eigenvalue weighted by molar-refractivity contribution is 5.97. The van der Waals surface area contributed by atoms with Gasteiger partial charge in [-0.2, -0.15) is 0 Å². The third-order valence-electron chi connectivity index (χ3n) is 2.71. The highest BCUT2D eigenvalue weighted by Gasteiger charge is 2.25. The first-order chi connectivity index (χ1) is 7.72. The Hall–Kier alpha value is -1.69. The van der Waals surface area contributed by atoms with Crippen LogP contribution in [0.25, 0.3) is 0 Å². The van der Waals surface area contributed by atoms with E-state index in [1.165, 1.54) is 0 Å². The first-order valence-corrected chi connectivity index (χ1v) is 5.15. The topological polar surface area (TPSA) is 88.1 Å².